The molecule has 0 spiro atoms. The fraction of sp³-hybridized carbons (Fsp3) is 0.750. The van der Waals surface area contributed by atoms with E-state index in [2.05, 4.69) is 32.1 Å². The van der Waals surface area contributed by atoms with E-state index in [9.17, 15) is 14.4 Å². The lowest BCUT2D eigenvalue weighted by Gasteiger charge is -2.29. The van der Waals surface area contributed by atoms with Crippen molar-refractivity contribution >= 4 is 63.1 Å². The van der Waals surface area contributed by atoms with Gasteiger partial charge in [-0.25, -0.2) is 4.79 Å². The SMILES string of the molecule is CC1(C(=O)OCCI)COC(=O)OC1.[3H]C(I)C(=O)CC. The minimum absolute atomic E-state index is 0.000556. The van der Waals surface area contributed by atoms with Crippen LogP contribution in [0.3, 0.4) is 0 Å². The summed E-state index contributed by atoms with van der Waals surface area (Å²) in [5.74, 6) is -0.387. The molecule has 0 bridgehead atoms. The van der Waals surface area contributed by atoms with Crippen molar-refractivity contribution < 1.29 is 30.0 Å². The summed E-state index contributed by atoms with van der Waals surface area (Å²) in [7, 11) is 0. The van der Waals surface area contributed by atoms with Crippen LogP contribution in [0.15, 0.2) is 0 Å². The van der Waals surface area contributed by atoms with Crippen LogP contribution < -0.4 is 0 Å². The summed E-state index contributed by atoms with van der Waals surface area (Å²) in [6, 6.07) is 0. The van der Waals surface area contributed by atoms with Crippen molar-refractivity contribution in [2.75, 3.05) is 28.7 Å². The number of ether oxygens (including phenoxy) is 3. The molecular weight excluding hydrogens is 494 g/mol. The van der Waals surface area contributed by atoms with Gasteiger partial charge in [0.25, 0.3) is 0 Å². The molecule has 0 saturated carbocycles. The monoisotopic (exact) mass is 514 g/mol. The number of ketones is 1. The number of rotatable bonds is 5. The fourth-order valence-corrected chi connectivity index (χ4v) is 1.68. The van der Waals surface area contributed by atoms with Gasteiger partial charge in [-0.1, -0.05) is 52.1 Å². The summed E-state index contributed by atoms with van der Waals surface area (Å²) in [4.78, 5) is 32.4. The van der Waals surface area contributed by atoms with Gasteiger partial charge < -0.3 is 14.2 Å². The number of carbonyl (C=O) groups excluding carboxylic acids is 3. The minimum atomic E-state index is -0.861. The first-order chi connectivity index (χ1) is 9.76. The molecule has 1 heterocycles. The van der Waals surface area contributed by atoms with Gasteiger partial charge in [0.1, 0.15) is 31.0 Å². The van der Waals surface area contributed by atoms with Crippen molar-refractivity contribution in [1.29, 1.82) is 0 Å². The normalized spacial score (nSPS) is 18.4. The molecule has 1 aliphatic rings. The van der Waals surface area contributed by atoms with E-state index < -0.39 is 16.0 Å². The van der Waals surface area contributed by atoms with Crippen molar-refractivity contribution in [2.45, 2.75) is 20.3 Å². The molecule has 1 atom stereocenters. The predicted molar refractivity (Wildman–Crippen MR) is 89.4 cm³/mol. The molecule has 1 aliphatic heterocycles. The van der Waals surface area contributed by atoms with Crippen LogP contribution in [0, 0.1) is 5.41 Å². The van der Waals surface area contributed by atoms with Gasteiger partial charge in [-0.2, -0.15) is 0 Å². The third-order valence-corrected chi connectivity index (χ3v) is 3.43. The molecule has 0 radical (unpaired) electrons. The summed E-state index contributed by atoms with van der Waals surface area (Å²) >= 11 is 3.89. The molecule has 1 rings (SSSR count). The summed E-state index contributed by atoms with van der Waals surface area (Å²) < 4.78 is 21.2. The summed E-state index contributed by atoms with van der Waals surface area (Å²) in [6.45, 7) is 3.82. The van der Waals surface area contributed by atoms with Gasteiger partial charge in [0.05, 0.1) is 4.40 Å². The van der Waals surface area contributed by atoms with Crippen LogP contribution in [0.25, 0.3) is 0 Å². The molecule has 0 aromatic heterocycles. The van der Waals surface area contributed by atoms with Crippen LogP contribution in [0.2, 0.25) is 0 Å². The Morgan fingerprint density at radius 1 is 1.40 bits per heavy atom. The number of halogens is 2. The maximum Gasteiger partial charge on any atom is 0.508 e. The first-order valence-corrected chi connectivity index (χ1v) is 8.65. The number of Topliss-reactive ketones (excluding diaryl/α,β-unsaturated/α-hetero) is 1. The summed E-state index contributed by atoms with van der Waals surface area (Å²) in [6.07, 6.45) is -0.249. The number of esters is 1. The van der Waals surface area contributed by atoms with Gasteiger partial charge >= 0.3 is 12.1 Å². The largest absolute Gasteiger partial charge is 0.508 e. The standard InChI is InChI=1S/C8H11IO5.C4H7IO/c1-8(6(10)12-3-2-9)4-13-7(11)14-5-8;1-2-4(6)3-5/h2-5H2,1H3;2-3H2,1H3/i;3T. The third-order valence-electron chi connectivity index (χ3n) is 2.29. The molecule has 0 amide bonds. The molecule has 0 aliphatic carbocycles. The smallest absolute Gasteiger partial charge is 0.464 e. The van der Waals surface area contributed by atoms with Crippen molar-refractivity contribution in [3.8, 4) is 0 Å². The zero-order valence-electron chi connectivity index (χ0n) is 12.3. The van der Waals surface area contributed by atoms with Crippen LogP contribution >= 0.6 is 45.2 Å². The molecular formula is C12H18I2O6. The van der Waals surface area contributed by atoms with E-state index in [4.69, 9.17) is 6.11 Å². The van der Waals surface area contributed by atoms with Crippen LogP contribution in [0.5, 0.6) is 0 Å². The van der Waals surface area contributed by atoms with Gasteiger partial charge in [-0.05, 0) is 6.92 Å². The van der Waals surface area contributed by atoms with Crippen molar-refractivity contribution in [2.24, 2.45) is 5.41 Å². The molecule has 8 heteroatoms. The van der Waals surface area contributed by atoms with Gasteiger partial charge in [0, 0.05) is 12.2 Å². The molecule has 1 unspecified atom stereocenters. The lowest BCUT2D eigenvalue weighted by molar-refractivity contribution is -0.165. The fourth-order valence-electron chi connectivity index (χ4n) is 1.02. The molecule has 0 aromatic rings. The average molecular weight is 514 g/mol. The van der Waals surface area contributed by atoms with Gasteiger partial charge in [0.15, 0.2) is 0 Å². The van der Waals surface area contributed by atoms with Crippen LogP contribution in [0.4, 0.5) is 4.79 Å². The Hall–Kier alpha value is -0.130. The van der Waals surface area contributed by atoms with Crippen LogP contribution in [-0.4, -0.2) is 46.6 Å². The Morgan fingerprint density at radius 3 is 2.30 bits per heavy atom. The molecule has 6 nitrogen and oxygen atoms in total. The van der Waals surface area contributed by atoms with Crippen molar-refractivity contribution in [1.82, 2.24) is 0 Å². The number of hydrogen-bond donors (Lipinski definition) is 0. The molecule has 1 fully saturated rings. The third kappa shape index (κ3) is 7.60. The second kappa shape index (κ2) is 10.6. The number of hydrogen-bond acceptors (Lipinski definition) is 6. The quantitative estimate of drug-likeness (QED) is 0.319. The lowest BCUT2D eigenvalue weighted by Crippen LogP contribution is -2.44. The molecule has 0 aromatic carbocycles. The lowest BCUT2D eigenvalue weighted by atomic mass is 9.93. The van der Waals surface area contributed by atoms with Gasteiger partial charge in [-0.15, -0.1) is 0 Å². The number of carbonyl (C=O) groups is 3. The Bertz CT molecular complexity index is 365. The van der Waals surface area contributed by atoms with Crippen LogP contribution in [0.1, 0.15) is 21.6 Å². The molecule has 116 valence electrons. The molecule has 1 saturated heterocycles. The summed E-state index contributed by atoms with van der Waals surface area (Å²) in [5, 5.41) is 0. The van der Waals surface area contributed by atoms with E-state index >= 15 is 0 Å². The Balaban J connectivity index is 0.000000486. The zero-order valence-corrected chi connectivity index (χ0v) is 15.6. The first-order valence-electron chi connectivity index (χ1n) is 6.46. The Labute approximate surface area is 147 Å². The topological polar surface area (TPSA) is 78.9 Å². The molecule has 20 heavy (non-hydrogen) atoms. The van der Waals surface area contributed by atoms with Gasteiger partial charge in [-0.3, -0.25) is 9.59 Å². The number of cyclic esters (lactones) is 2. The molecule has 0 N–H and O–H groups in total. The number of alkyl halides is 2. The highest BCUT2D eigenvalue weighted by Crippen LogP contribution is 2.23. The highest BCUT2D eigenvalue weighted by atomic mass is 127. The second-order valence-electron chi connectivity index (χ2n) is 4.14. The van der Waals surface area contributed by atoms with Gasteiger partial charge in [0.2, 0.25) is 0 Å². The zero-order chi connectivity index (χ0) is 16.5. The minimum Gasteiger partial charge on any atom is -0.464 e. The van der Waals surface area contributed by atoms with E-state index in [0.29, 0.717) is 13.0 Å². The second-order valence-corrected chi connectivity index (χ2v) is 5.84. The average Bonchev–Trinajstić information content (AvgIpc) is 2.47. The first kappa shape index (κ1) is 17.9. The maximum atomic E-state index is 11.5. The van der Waals surface area contributed by atoms with E-state index in [-0.39, 0.29) is 25.0 Å². The highest BCUT2D eigenvalue weighted by molar-refractivity contribution is 14.1. The van der Waals surface area contributed by atoms with E-state index in [0.717, 1.165) is 4.43 Å². The van der Waals surface area contributed by atoms with E-state index in [1.54, 1.807) is 36.4 Å². The van der Waals surface area contributed by atoms with Crippen LogP contribution in [-0.2, 0) is 23.8 Å². The predicted octanol–water partition coefficient (Wildman–Crippen LogP) is 2.54. The van der Waals surface area contributed by atoms with E-state index in [1.165, 1.54) is 0 Å². The maximum absolute atomic E-state index is 11.5. The Morgan fingerprint density at radius 2 is 1.95 bits per heavy atom. The summed E-state index contributed by atoms with van der Waals surface area (Å²) in [5.41, 5.74) is -0.861. The highest BCUT2D eigenvalue weighted by Gasteiger charge is 2.41. The van der Waals surface area contributed by atoms with Crippen molar-refractivity contribution in [3.63, 3.8) is 0 Å². The van der Waals surface area contributed by atoms with E-state index in [1.807, 2.05) is 0 Å². The Kier molecular flexibility index (Phi) is 9.48. The van der Waals surface area contributed by atoms with Crippen molar-refractivity contribution in [3.05, 3.63) is 0 Å².